The van der Waals surface area contributed by atoms with Crippen LogP contribution in [-0.2, 0) is 0 Å². The first-order valence-electron chi connectivity index (χ1n) is 2.11. The fourth-order valence-corrected chi connectivity index (χ4v) is 0.437. The van der Waals surface area contributed by atoms with Gasteiger partial charge in [0.25, 0.3) is 0 Å². The normalized spacial score (nSPS) is 17.1. The van der Waals surface area contributed by atoms with Gasteiger partial charge in [-0.3, -0.25) is 0 Å². The first-order chi connectivity index (χ1) is 4.19. The van der Waals surface area contributed by atoms with Crippen LogP contribution in [0.1, 0.15) is 0 Å². The number of hydrogen-bond donors (Lipinski definition) is 0. The van der Waals surface area contributed by atoms with Crippen molar-refractivity contribution in [1.82, 2.24) is 0 Å². The number of hydrogen-bond acceptors (Lipinski definition) is 0. The Hall–Kier alpha value is 0.130. The third-order valence-electron chi connectivity index (χ3n) is 0.771. The van der Waals surface area contributed by atoms with Crippen LogP contribution in [0.15, 0.2) is 0 Å². The molecule has 0 aliphatic heterocycles. The Bertz CT molecular complexity index is 115. The molecule has 0 saturated heterocycles. The Morgan fingerprint density at radius 2 is 1.40 bits per heavy atom. The van der Waals surface area contributed by atoms with E-state index in [2.05, 4.69) is 22.9 Å². The van der Waals surface area contributed by atoms with E-state index in [1.165, 1.54) is 0 Å². The highest BCUT2D eigenvalue weighted by Gasteiger charge is 2.60. The zero-order valence-electron chi connectivity index (χ0n) is 4.55. The number of rotatable bonds is 1. The van der Waals surface area contributed by atoms with Crippen LogP contribution in [0.3, 0.4) is 0 Å². The summed E-state index contributed by atoms with van der Waals surface area (Å²) >= 11 is 2.05. The lowest BCUT2D eigenvalue weighted by atomic mass is 10.2. The molecule has 1 unspecified atom stereocenters. The summed E-state index contributed by atoms with van der Waals surface area (Å²) in [5.74, 6) is -4.76. The van der Waals surface area contributed by atoms with Crippen LogP contribution in [0, 0.1) is 6.92 Å². The molecule has 0 nitrogen and oxygen atoms in total. The molecule has 0 saturated carbocycles. The summed E-state index contributed by atoms with van der Waals surface area (Å²) in [7, 11) is 0. The van der Waals surface area contributed by atoms with Crippen LogP contribution in [0.4, 0.5) is 22.0 Å². The largest absolute Gasteiger partial charge is 0.454 e. The molecule has 0 fully saturated rings. The Balaban J connectivity index is 4.40. The highest BCUT2D eigenvalue weighted by molar-refractivity contribution is 9.09. The highest BCUT2D eigenvalue weighted by atomic mass is 79.9. The van der Waals surface area contributed by atoms with E-state index in [1.54, 1.807) is 0 Å². The maximum atomic E-state index is 11.8. The SMILES string of the molecule is [CH2]C(Br)C(F)(F)C(F)(F)F. The van der Waals surface area contributed by atoms with E-state index < -0.39 is 16.9 Å². The molecule has 0 N–H and O–H groups in total. The average Bonchev–Trinajstić information content (AvgIpc) is 1.62. The molecular weight excluding hydrogens is 223 g/mol. The van der Waals surface area contributed by atoms with Crippen molar-refractivity contribution in [3.63, 3.8) is 0 Å². The third-order valence-corrected chi connectivity index (χ3v) is 1.35. The van der Waals surface area contributed by atoms with Gasteiger partial charge in [0.15, 0.2) is 0 Å². The van der Waals surface area contributed by atoms with E-state index in [4.69, 9.17) is 0 Å². The summed E-state index contributed by atoms with van der Waals surface area (Å²) in [6.45, 7) is 2.52. The second-order valence-electron chi connectivity index (χ2n) is 1.59. The van der Waals surface area contributed by atoms with Crippen molar-refractivity contribution in [2.45, 2.75) is 16.9 Å². The topological polar surface area (TPSA) is 0 Å². The standard InChI is InChI=1S/C4H3BrF5/c1-2(5)3(6,7)4(8,9)10/h2H,1H2. The minimum atomic E-state index is -5.52. The van der Waals surface area contributed by atoms with Crippen LogP contribution in [0.2, 0.25) is 0 Å². The van der Waals surface area contributed by atoms with Crippen LogP contribution in [0.5, 0.6) is 0 Å². The van der Waals surface area contributed by atoms with Gasteiger partial charge >= 0.3 is 12.1 Å². The van der Waals surface area contributed by atoms with Crippen LogP contribution >= 0.6 is 15.9 Å². The van der Waals surface area contributed by atoms with E-state index in [1.807, 2.05) is 0 Å². The average molecular weight is 226 g/mol. The van der Waals surface area contributed by atoms with Crippen molar-refractivity contribution >= 4 is 15.9 Å². The highest BCUT2D eigenvalue weighted by Crippen LogP contribution is 2.40. The fraction of sp³-hybridized carbons (Fsp3) is 0.750. The predicted molar refractivity (Wildman–Crippen MR) is 29.1 cm³/mol. The fourth-order valence-electron chi connectivity index (χ4n) is 0.178. The monoisotopic (exact) mass is 225 g/mol. The van der Waals surface area contributed by atoms with E-state index in [0.29, 0.717) is 0 Å². The summed E-state index contributed by atoms with van der Waals surface area (Å²) in [5, 5.41) is 0. The summed E-state index contributed by atoms with van der Waals surface area (Å²) < 4.78 is 57.4. The van der Waals surface area contributed by atoms with Gasteiger partial charge in [0.2, 0.25) is 0 Å². The Morgan fingerprint density at radius 1 is 1.10 bits per heavy atom. The van der Waals surface area contributed by atoms with E-state index in [9.17, 15) is 22.0 Å². The second kappa shape index (κ2) is 2.64. The molecule has 0 spiro atoms. The van der Waals surface area contributed by atoms with E-state index in [-0.39, 0.29) is 0 Å². The molecule has 1 atom stereocenters. The Kier molecular flexibility index (Phi) is 2.67. The van der Waals surface area contributed by atoms with Gasteiger partial charge in [-0.15, -0.1) is 0 Å². The molecule has 6 heteroatoms. The van der Waals surface area contributed by atoms with Crippen LogP contribution < -0.4 is 0 Å². The summed E-state index contributed by atoms with van der Waals surface area (Å²) in [5.41, 5.74) is 0. The molecule has 0 aromatic rings. The summed E-state index contributed by atoms with van der Waals surface area (Å²) in [4.78, 5) is -2.14. The van der Waals surface area contributed by atoms with Crippen molar-refractivity contribution in [3.05, 3.63) is 6.92 Å². The molecule has 0 aliphatic rings. The molecule has 61 valence electrons. The van der Waals surface area contributed by atoms with Crippen LogP contribution in [0.25, 0.3) is 0 Å². The quantitative estimate of drug-likeness (QED) is 0.476. The summed E-state index contributed by atoms with van der Waals surface area (Å²) in [6.07, 6.45) is -5.52. The minimum Gasteiger partial charge on any atom is -0.195 e. The van der Waals surface area contributed by atoms with Gasteiger partial charge in [0.1, 0.15) is 0 Å². The van der Waals surface area contributed by atoms with Gasteiger partial charge in [-0.05, 0) is 6.92 Å². The molecule has 0 rings (SSSR count). The van der Waals surface area contributed by atoms with Crippen molar-refractivity contribution in [2.75, 3.05) is 0 Å². The lowest BCUT2D eigenvalue weighted by Gasteiger charge is -2.21. The third kappa shape index (κ3) is 1.81. The molecule has 0 amide bonds. The lowest BCUT2D eigenvalue weighted by molar-refractivity contribution is -0.277. The van der Waals surface area contributed by atoms with Crippen molar-refractivity contribution in [3.8, 4) is 0 Å². The van der Waals surface area contributed by atoms with Crippen molar-refractivity contribution in [1.29, 1.82) is 0 Å². The van der Waals surface area contributed by atoms with Gasteiger partial charge in [-0.2, -0.15) is 22.0 Å². The molecular formula is C4H3BrF5. The van der Waals surface area contributed by atoms with Gasteiger partial charge in [-0.25, -0.2) is 0 Å². The molecule has 0 aliphatic carbocycles. The zero-order chi connectivity index (χ0) is 8.58. The van der Waals surface area contributed by atoms with Crippen molar-refractivity contribution in [2.24, 2.45) is 0 Å². The van der Waals surface area contributed by atoms with Gasteiger partial charge < -0.3 is 0 Å². The number of alkyl halides is 6. The van der Waals surface area contributed by atoms with Gasteiger partial charge in [0.05, 0.1) is 4.83 Å². The van der Waals surface area contributed by atoms with E-state index in [0.717, 1.165) is 0 Å². The first kappa shape index (κ1) is 10.1. The van der Waals surface area contributed by atoms with E-state index >= 15 is 0 Å². The number of halogens is 6. The Morgan fingerprint density at radius 3 is 1.40 bits per heavy atom. The first-order valence-corrected chi connectivity index (χ1v) is 3.03. The van der Waals surface area contributed by atoms with Crippen molar-refractivity contribution < 1.29 is 22.0 Å². The zero-order valence-corrected chi connectivity index (χ0v) is 6.14. The lowest BCUT2D eigenvalue weighted by Crippen LogP contribution is -2.42. The maximum absolute atomic E-state index is 11.8. The van der Waals surface area contributed by atoms with Gasteiger partial charge in [0, 0.05) is 0 Å². The molecule has 10 heavy (non-hydrogen) atoms. The molecule has 0 heterocycles. The van der Waals surface area contributed by atoms with Gasteiger partial charge in [-0.1, -0.05) is 15.9 Å². The maximum Gasteiger partial charge on any atom is 0.454 e. The van der Waals surface area contributed by atoms with Crippen LogP contribution in [-0.4, -0.2) is 16.9 Å². The molecule has 0 aromatic carbocycles. The minimum absolute atomic E-state index is 2.05. The molecule has 0 bridgehead atoms. The second-order valence-corrected chi connectivity index (χ2v) is 2.69. The Labute approximate surface area is 62.5 Å². The molecule has 0 aromatic heterocycles. The summed E-state index contributed by atoms with van der Waals surface area (Å²) in [6, 6.07) is 0. The smallest absolute Gasteiger partial charge is 0.195 e. The molecule has 1 radical (unpaired) electrons. The predicted octanol–water partition coefficient (Wildman–Crippen LogP) is 2.78.